The lowest BCUT2D eigenvalue weighted by atomic mass is 9.84. The molecule has 2 heteroatoms. The Labute approximate surface area is 184 Å². The zero-order valence-corrected chi connectivity index (χ0v) is 19.8. The Bertz CT molecular complexity index is 781. The van der Waals surface area contributed by atoms with E-state index in [0.29, 0.717) is 0 Å². The van der Waals surface area contributed by atoms with E-state index in [-0.39, 0.29) is 0 Å². The van der Waals surface area contributed by atoms with Crippen LogP contribution in [0.5, 0.6) is 0 Å². The van der Waals surface area contributed by atoms with E-state index in [1.807, 2.05) is 0 Å². The normalized spacial score (nSPS) is 15.3. The Morgan fingerprint density at radius 3 is 2.10 bits per heavy atom. The van der Waals surface area contributed by atoms with E-state index in [2.05, 4.69) is 62.9 Å². The van der Waals surface area contributed by atoms with Crippen molar-refractivity contribution >= 4 is 10.8 Å². The van der Waals surface area contributed by atoms with Crippen LogP contribution in [0.1, 0.15) is 89.0 Å². The molecule has 1 unspecified atom stereocenters. The van der Waals surface area contributed by atoms with Crippen LogP contribution < -0.4 is 0 Å². The number of aliphatic hydroxyl groups excluding tert-OH is 1. The van der Waals surface area contributed by atoms with Crippen molar-refractivity contribution in [1.29, 1.82) is 0 Å². The number of aryl methyl sites for hydroxylation is 2. The summed E-state index contributed by atoms with van der Waals surface area (Å²) in [5.74, 6) is 1.49. The smallest absolute Gasteiger partial charge is 0.0923 e. The Morgan fingerprint density at radius 1 is 0.867 bits per heavy atom. The molecule has 1 aliphatic carbocycles. The zero-order chi connectivity index (χ0) is 21.5. The van der Waals surface area contributed by atoms with Gasteiger partial charge < -0.3 is 10.0 Å². The van der Waals surface area contributed by atoms with Gasteiger partial charge in [-0.15, -0.1) is 0 Å². The molecule has 3 rings (SSSR count). The van der Waals surface area contributed by atoms with E-state index in [1.54, 1.807) is 0 Å². The molecule has 0 spiro atoms. The fraction of sp³-hybridized carbons (Fsp3) is 0.643. The summed E-state index contributed by atoms with van der Waals surface area (Å²) in [5.41, 5.74) is 4.14. The summed E-state index contributed by atoms with van der Waals surface area (Å²) in [6.07, 6.45) is 9.45. The van der Waals surface area contributed by atoms with Crippen LogP contribution in [0.4, 0.5) is 0 Å². The first-order valence-electron chi connectivity index (χ1n) is 12.4. The minimum Gasteiger partial charge on any atom is -0.387 e. The molecule has 0 saturated carbocycles. The maximum Gasteiger partial charge on any atom is 0.0923 e. The van der Waals surface area contributed by atoms with Gasteiger partial charge in [0.15, 0.2) is 0 Å². The van der Waals surface area contributed by atoms with Gasteiger partial charge in [0.1, 0.15) is 0 Å². The molecule has 0 aromatic heterocycles. The Morgan fingerprint density at radius 2 is 1.47 bits per heavy atom. The highest BCUT2D eigenvalue weighted by molar-refractivity contribution is 5.90. The lowest BCUT2D eigenvalue weighted by molar-refractivity contribution is 0.110. The molecule has 0 heterocycles. The van der Waals surface area contributed by atoms with Gasteiger partial charge in [-0.2, -0.15) is 0 Å². The molecule has 0 fully saturated rings. The van der Waals surface area contributed by atoms with E-state index in [0.717, 1.165) is 43.5 Å². The largest absolute Gasteiger partial charge is 0.387 e. The lowest BCUT2D eigenvalue weighted by Crippen LogP contribution is -2.31. The highest BCUT2D eigenvalue weighted by Crippen LogP contribution is 2.34. The lowest BCUT2D eigenvalue weighted by Gasteiger charge is -2.28. The minimum atomic E-state index is -0.416. The summed E-state index contributed by atoms with van der Waals surface area (Å²) in [6.45, 7) is 12.1. The Kier molecular flexibility index (Phi) is 8.77. The van der Waals surface area contributed by atoms with Gasteiger partial charge >= 0.3 is 0 Å². The van der Waals surface area contributed by atoms with Crippen LogP contribution in [-0.2, 0) is 12.8 Å². The molecular weight excluding hydrogens is 366 g/mol. The van der Waals surface area contributed by atoms with Crippen LogP contribution in [0.3, 0.4) is 0 Å². The average Bonchev–Trinajstić information content (AvgIpc) is 2.72. The molecule has 0 saturated heterocycles. The first kappa shape index (κ1) is 23.3. The topological polar surface area (TPSA) is 23.5 Å². The van der Waals surface area contributed by atoms with Crippen molar-refractivity contribution in [3.8, 4) is 0 Å². The van der Waals surface area contributed by atoms with Crippen molar-refractivity contribution in [3.05, 3.63) is 47.0 Å². The van der Waals surface area contributed by atoms with Crippen LogP contribution in [0.25, 0.3) is 10.8 Å². The van der Waals surface area contributed by atoms with E-state index >= 15 is 0 Å². The first-order chi connectivity index (χ1) is 14.5. The zero-order valence-electron chi connectivity index (χ0n) is 19.8. The SMILES string of the molecule is CC(C)CCCN(CCCC(C)C)CC(O)c1cc2c(c3ccccc13)CCCC2. The average molecular weight is 410 g/mol. The van der Waals surface area contributed by atoms with Gasteiger partial charge in [0, 0.05) is 6.54 Å². The van der Waals surface area contributed by atoms with Gasteiger partial charge in [-0.25, -0.2) is 0 Å². The standard InChI is InChI=1S/C28H43NO/c1-21(2)11-9-17-29(18-10-12-22(3)4)20-28(30)27-19-23-13-5-6-14-24(23)25-15-7-8-16-26(25)27/h7-8,15-16,19,21-22,28,30H,5-6,9-14,17-18,20H2,1-4H3. The summed E-state index contributed by atoms with van der Waals surface area (Å²) in [4.78, 5) is 2.52. The van der Waals surface area contributed by atoms with Crippen LogP contribution in [0.15, 0.2) is 30.3 Å². The Balaban J connectivity index is 1.78. The monoisotopic (exact) mass is 409 g/mol. The quantitative estimate of drug-likeness (QED) is 0.435. The second-order valence-electron chi connectivity index (χ2n) is 10.2. The summed E-state index contributed by atoms with van der Waals surface area (Å²) in [5, 5.41) is 14.0. The predicted molar refractivity (Wildman–Crippen MR) is 130 cm³/mol. The molecule has 2 aromatic rings. The summed E-state index contributed by atoms with van der Waals surface area (Å²) < 4.78 is 0. The van der Waals surface area contributed by atoms with Crippen LogP contribution in [0.2, 0.25) is 0 Å². The molecule has 1 atom stereocenters. The Hall–Kier alpha value is -1.38. The van der Waals surface area contributed by atoms with Crippen molar-refractivity contribution in [2.75, 3.05) is 19.6 Å². The van der Waals surface area contributed by atoms with Crippen LogP contribution in [-0.4, -0.2) is 29.6 Å². The third kappa shape index (κ3) is 6.31. The fourth-order valence-electron chi connectivity index (χ4n) is 5.02. The van der Waals surface area contributed by atoms with E-state index in [4.69, 9.17) is 0 Å². The second-order valence-corrected chi connectivity index (χ2v) is 10.2. The molecule has 0 aliphatic heterocycles. The highest BCUT2D eigenvalue weighted by atomic mass is 16.3. The van der Waals surface area contributed by atoms with Gasteiger partial charge in [0.2, 0.25) is 0 Å². The van der Waals surface area contributed by atoms with Crippen LogP contribution >= 0.6 is 0 Å². The molecule has 0 radical (unpaired) electrons. The molecule has 0 amide bonds. The van der Waals surface area contributed by atoms with Gasteiger partial charge in [-0.05, 0) is 104 Å². The molecule has 30 heavy (non-hydrogen) atoms. The van der Waals surface area contributed by atoms with Gasteiger partial charge in [0.25, 0.3) is 0 Å². The maximum atomic E-state index is 11.4. The fourth-order valence-corrected chi connectivity index (χ4v) is 5.02. The molecule has 1 N–H and O–H groups in total. The van der Waals surface area contributed by atoms with Gasteiger partial charge in [0.05, 0.1) is 6.10 Å². The van der Waals surface area contributed by atoms with Crippen molar-refractivity contribution in [2.24, 2.45) is 11.8 Å². The van der Waals surface area contributed by atoms with Crippen molar-refractivity contribution in [2.45, 2.75) is 85.2 Å². The number of hydrogen-bond donors (Lipinski definition) is 1. The highest BCUT2D eigenvalue weighted by Gasteiger charge is 2.21. The summed E-state index contributed by atoms with van der Waals surface area (Å²) in [6, 6.07) is 11.1. The maximum absolute atomic E-state index is 11.4. The first-order valence-corrected chi connectivity index (χ1v) is 12.4. The number of nitrogens with zero attached hydrogens (tertiary/aromatic N) is 1. The summed E-state index contributed by atoms with van der Waals surface area (Å²) in [7, 11) is 0. The number of hydrogen-bond acceptors (Lipinski definition) is 2. The predicted octanol–water partition coefficient (Wildman–Crippen LogP) is 6.93. The van der Waals surface area contributed by atoms with Crippen LogP contribution in [0, 0.1) is 11.8 Å². The van der Waals surface area contributed by atoms with E-state index in [1.165, 1.54) is 66.8 Å². The van der Waals surface area contributed by atoms with Crippen molar-refractivity contribution in [3.63, 3.8) is 0 Å². The third-order valence-corrected chi connectivity index (χ3v) is 6.71. The second kappa shape index (κ2) is 11.3. The molecule has 0 bridgehead atoms. The molecule has 2 aromatic carbocycles. The third-order valence-electron chi connectivity index (χ3n) is 6.71. The van der Waals surface area contributed by atoms with Crippen molar-refractivity contribution in [1.82, 2.24) is 4.90 Å². The molecular formula is C28H43NO. The van der Waals surface area contributed by atoms with Gasteiger partial charge in [-0.1, -0.05) is 58.0 Å². The number of rotatable bonds is 11. The van der Waals surface area contributed by atoms with E-state index in [9.17, 15) is 5.11 Å². The number of aliphatic hydroxyl groups is 1. The van der Waals surface area contributed by atoms with E-state index < -0.39 is 6.10 Å². The summed E-state index contributed by atoms with van der Waals surface area (Å²) >= 11 is 0. The molecule has 2 nitrogen and oxygen atoms in total. The minimum absolute atomic E-state index is 0.416. The van der Waals surface area contributed by atoms with Crippen molar-refractivity contribution < 1.29 is 5.11 Å². The molecule has 1 aliphatic rings. The number of benzene rings is 2. The van der Waals surface area contributed by atoms with Gasteiger partial charge in [-0.3, -0.25) is 0 Å². The molecule has 166 valence electrons. The number of fused-ring (bicyclic) bond motifs is 3.